The largest absolute Gasteiger partial charge is 0.505 e. The number of carbonyl (C=O) groups is 1. The molecule has 0 aliphatic carbocycles. The highest BCUT2D eigenvalue weighted by molar-refractivity contribution is 5.98. The molecular formula is C23H28FN5O4. The molecule has 10 heteroatoms. The number of aromatic amines is 1. The fraction of sp³-hybridized carbons (Fsp3) is 0.261. The number of rotatable bonds is 6. The molecule has 3 aromatic rings. The summed E-state index contributed by atoms with van der Waals surface area (Å²) >= 11 is 0. The fourth-order valence-corrected chi connectivity index (χ4v) is 2.96. The van der Waals surface area contributed by atoms with Gasteiger partial charge in [-0.15, -0.1) is 0 Å². The normalized spacial score (nSPS) is 10.1. The van der Waals surface area contributed by atoms with Crippen LogP contribution in [0.5, 0.6) is 5.75 Å². The molecule has 0 atom stereocenters. The molecule has 0 saturated carbocycles. The zero-order valence-corrected chi connectivity index (χ0v) is 19.2. The van der Waals surface area contributed by atoms with Crippen LogP contribution in [0.4, 0.5) is 21.5 Å². The van der Waals surface area contributed by atoms with E-state index in [0.717, 1.165) is 4.68 Å². The lowest BCUT2D eigenvalue weighted by Crippen LogP contribution is -2.32. The highest BCUT2D eigenvalue weighted by Crippen LogP contribution is 2.31. The third-order valence-corrected chi connectivity index (χ3v) is 4.56. The minimum absolute atomic E-state index is 0.0320. The van der Waals surface area contributed by atoms with E-state index in [1.165, 1.54) is 48.3 Å². The Hall–Kier alpha value is -4.08. The maximum absolute atomic E-state index is 13.5. The van der Waals surface area contributed by atoms with Crippen LogP contribution in [0.15, 0.2) is 52.1 Å². The average Bonchev–Trinajstić information content (AvgIpc) is 2.79. The molecule has 176 valence electrons. The number of H-pyrrole nitrogens is 1. The third-order valence-electron chi connectivity index (χ3n) is 4.56. The Morgan fingerprint density at radius 2 is 1.79 bits per heavy atom. The van der Waals surface area contributed by atoms with Gasteiger partial charge in [-0.25, -0.2) is 4.39 Å². The summed E-state index contributed by atoms with van der Waals surface area (Å²) in [7, 11) is 4.47. The summed E-state index contributed by atoms with van der Waals surface area (Å²) < 4.78 is 14.5. The number of hydrogen-bond donors (Lipinski definition) is 4. The summed E-state index contributed by atoms with van der Waals surface area (Å²) in [5.74, 6) is -1.22. The maximum atomic E-state index is 13.5. The zero-order valence-electron chi connectivity index (χ0n) is 19.2. The summed E-state index contributed by atoms with van der Waals surface area (Å²) in [6.07, 6.45) is 0. The number of benzene rings is 2. The predicted octanol–water partition coefficient (Wildman–Crippen LogP) is 3.00. The summed E-state index contributed by atoms with van der Waals surface area (Å²) in [5.41, 5.74) is -0.728. The van der Waals surface area contributed by atoms with Crippen LogP contribution in [0, 0.1) is 5.82 Å². The van der Waals surface area contributed by atoms with E-state index in [1.54, 1.807) is 20.2 Å². The number of nitrogens with zero attached hydrogens (tertiary/aromatic N) is 2. The van der Waals surface area contributed by atoms with E-state index in [4.69, 9.17) is 0 Å². The molecule has 0 spiro atoms. The van der Waals surface area contributed by atoms with E-state index in [-0.39, 0.29) is 34.9 Å². The van der Waals surface area contributed by atoms with Crippen LogP contribution < -0.4 is 21.8 Å². The van der Waals surface area contributed by atoms with Gasteiger partial charge in [0.25, 0.3) is 17.0 Å². The van der Waals surface area contributed by atoms with Crippen molar-refractivity contribution in [3.63, 3.8) is 0 Å². The van der Waals surface area contributed by atoms with E-state index in [1.807, 2.05) is 13.8 Å². The number of phenols is 1. The van der Waals surface area contributed by atoms with Crippen molar-refractivity contribution < 1.29 is 14.3 Å². The first-order valence-electron chi connectivity index (χ1n) is 10.3. The smallest absolute Gasteiger partial charge is 0.290 e. The fourth-order valence-electron chi connectivity index (χ4n) is 2.96. The molecule has 1 amide bonds. The van der Waals surface area contributed by atoms with Crippen LogP contribution in [0.25, 0.3) is 0 Å². The third kappa shape index (κ3) is 5.79. The molecule has 0 aliphatic heterocycles. The second-order valence-corrected chi connectivity index (χ2v) is 7.06. The minimum atomic E-state index is -0.632. The number of carbonyl (C=O) groups excluding carboxylic acids is 1. The average molecular weight is 458 g/mol. The van der Waals surface area contributed by atoms with Crippen molar-refractivity contribution in [2.24, 2.45) is 7.05 Å². The standard InChI is InChI=1S/C21H22FN5O4.C2H6/c1-26(2)20(30)14-8-5-9-15(18(14)28)24-16-17(21(31)27(3)25-19(16)29)23-11-12-6-4-7-13(22)10-12;1-2/h4-10,23-24,28H,11H2,1-3H3,(H,25,29);1-2H3. The van der Waals surface area contributed by atoms with Crippen molar-refractivity contribution in [1.82, 2.24) is 14.7 Å². The molecule has 4 N–H and O–H groups in total. The van der Waals surface area contributed by atoms with Crippen molar-refractivity contribution in [3.05, 3.63) is 80.1 Å². The second-order valence-electron chi connectivity index (χ2n) is 7.06. The first-order chi connectivity index (χ1) is 15.7. The van der Waals surface area contributed by atoms with Gasteiger partial charge in [0.2, 0.25) is 0 Å². The van der Waals surface area contributed by atoms with E-state index in [2.05, 4.69) is 15.7 Å². The van der Waals surface area contributed by atoms with Crippen molar-refractivity contribution in [2.45, 2.75) is 20.4 Å². The Morgan fingerprint density at radius 3 is 2.42 bits per heavy atom. The Balaban J connectivity index is 0.00000187. The molecule has 0 radical (unpaired) electrons. The van der Waals surface area contributed by atoms with Gasteiger partial charge >= 0.3 is 0 Å². The molecule has 2 aromatic carbocycles. The molecule has 1 heterocycles. The molecule has 0 fully saturated rings. The van der Waals surface area contributed by atoms with Gasteiger partial charge in [-0.1, -0.05) is 32.0 Å². The van der Waals surface area contributed by atoms with Crippen molar-refractivity contribution in [1.29, 1.82) is 0 Å². The van der Waals surface area contributed by atoms with Gasteiger partial charge in [0, 0.05) is 27.7 Å². The molecule has 9 nitrogen and oxygen atoms in total. The molecule has 0 unspecified atom stereocenters. The summed E-state index contributed by atoms with van der Waals surface area (Å²) in [6.45, 7) is 4.08. The lowest BCUT2D eigenvalue weighted by molar-refractivity contribution is 0.0824. The lowest BCUT2D eigenvalue weighted by Gasteiger charge is -2.17. The van der Waals surface area contributed by atoms with Crippen LogP contribution >= 0.6 is 0 Å². The maximum Gasteiger partial charge on any atom is 0.290 e. The molecule has 0 saturated heterocycles. The highest BCUT2D eigenvalue weighted by Gasteiger charge is 2.19. The summed E-state index contributed by atoms with van der Waals surface area (Å²) in [4.78, 5) is 38.8. The van der Waals surface area contributed by atoms with Gasteiger partial charge in [-0.05, 0) is 29.8 Å². The quantitative estimate of drug-likeness (QED) is 0.423. The predicted molar refractivity (Wildman–Crippen MR) is 127 cm³/mol. The van der Waals surface area contributed by atoms with E-state index >= 15 is 0 Å². The minimum Gasteiger partial charge on any atom is -0.505 e. The van der Waals surface area contributed by atoms with Crippen LogP contribution in [0.1, 0.15) is 29.8 Å². The molecule has 0 bridgehead atoms. The number of hydrogen-bond acceptors (Lipinski definition) is 6. The number of aromatic nitrogens is 2. The number of aromatic hydroxyl groups is 1. The number of halogens is 1. The van der Waals surface area contributed by atoms with Gasteiger partial charge < -0.3 is 20.6 Å². The van der Waals surface area contributed by atoms with E-state index < -0.39 is 22.8 Å². The van der Waals surface area contributed by atoms with Crippen LogP contribution in [-0.2, 0) is 13.6 Å². The first kappa shape index (κ1) is 25.2. The van der Waals surface area contributed by atoms with Crippen LogP contribution in [0.2, 0.25) is 0 Å². The second kappa shape index (κ2) is 11.0. The van der Waals surface area contributed by atoms with Crippen LogP contribution in [-0.4, -0.2) is 39.8 Å². The Labute approximate surface area is 190 Å². The van der Waals surface area contributed by atoms with Gasteiger partial charge in [-0.3, -0.25) is 24.2 Å². The van der Waals surface area contributed by atoms with Gasteiger partial charge in [0.05, 0.1) is 11.3 Å². The number of aryl methyl sites for hydroxylation is 1. The topological polar surface area (TPSA) is 119 Å². The summed E-state index contributed by atoms with van der Waals surface area (Å²) in [6, 6.07) is 10.3. The highest BCUT2D eigenvalue weighted by atomic mass is 19.1. The number of nitrogens with one attached hydrogen (secondary N) is 3. The zero-order chi connectivity index (χ0) is 24.7. The number of para-hydroxylation sites is 1. The molecule has 3 rings (SSSR count). The van der Waals surface area contributed by atoms with Gasteiger partial charge in [0.1, 0.15) is 17.2 Å². The Morgan fingerprint density at radius 1 is 1.12 bits per heavy atom. The SMILES string of the molecule is CC.CN(C)C(=O)c1cccc(Nc2c(NCc3cccc(F)c3)c(=O)n(C)[nH]c2=O)c1O. The Kier molecular flexibility index (Phi) is 8.38. The molecule has 0 aliphatic rings. The van der Waals surface area contributed by atoms with Crippen molar-refractivity contribution in [3.8, 4) is 5.75 Å². The number of amides is 1. The number of anilines is 3. The van der Waals surface area contributed by atoms with E-state index in [9.17, 15) is 23.9 Å². The Bertz CT molecular complexity index is 1250. The molecule has 33 heavy (non-hydrogen) atoms. The summed E-state index contributed by atoms with van der Waals surface area (Å²) in [5, 5.41) is 18.5. The van der Waals surface area contributed by atoms with Crippen molar-refractivity contribution >= 4 is 23.0 Å². The first-order valence-corrected chi connectivity index (χ1v) is 10.3. The van der Waals surface area contributed by atoms with E-state index in [0.29, 0.717) is 5.56 Å². The van der Waals surface area contributed by atoms with Gasteiger partial charge in [-0.2, -0.15) is 0 Å². The van der Waals surface area contributed by atoms with Crippen molar-refractivity contribution in [2.75, 3.05) is 24.7 Å². The monoisotopic (exact) mass is 457 g/mol. The van der Waals surface area contributed by atoms with Crippen LogP contribution in [0.3, 0.4) is 0 Å². The number of phenolic OH excluding ortho intramolecular Hbond substituents is 1. The lowest BCUT2D eigenvalue weighted by atomic mass is 10.1. The molecule has 1 aromatic heterocycles. The van der Waals surface area contributed by atoms with Gasteiger partial charge in [0.15, 0.2) is 5.75 Å². The molecular weight excluding hydrogens is 429 g/mol.